The van der Waals surface area contributed by atoms with Crippen LogP contribution in [0.3, 0.4) is 0 Å². The maximum absolute atomic E-state index is 11.0. The standard InChI is InChI=1S/C12H17ClN2O3/c1-4-15(7-12(2,3)18)10-5-8(11(16)17)9(13)6-14-10/h5-6,18H,4,7H2,1-3H3,(H,16,17). The second-order valence-electron chi connectivity index (χ2n) is 4.65. The zero-order chi connectivity index (χ0) is 13.9. The van der Waals surface area contributed by atoms with E-state index in [1.807, 2.05) is 6.92 Å². The van der Waals surface area contributed by atoms with E-state index in [1.165, 1.54) is 12.3 Å². The topological polar surface area (TPSA) is 73.7 Å². The summed E-state index contributed by atoms with van der Waals surface area (Å²) in [4.78, 5) is 16.9. The average molecular weight is 273 g/mol. The SMILES string of the molecule is CCN(CC(C)(C)O)c1cc(C(=O)O)c(Cl)cn1. The largest absolute Gasteiger partial charge is 0.478 e. The van der Waals surface area contributed by atoms with Gasteiger partial charge in [0.2, 0.25) is 0 Å². The summed E-state index contributed by atoms with van der Waals surface area (Å²) in [7, 11) is 0. The fraction of sp³-hybridized carbons (Fsp3) is 0.500. The Balaban J connectivity index is 3.07. The molecule has 0 radical (unpaired) electrons. The number of likely N-dealkylation sites (N-methyl/N-ethyl adjacent to an activating group) is 1. The average Bonchev–Trinajstić information content (AvgIpc) is 2.25. The molecule has 1 aromatic rings. The van der Waals surface area contributed by atoms with Gasteiger partial charge in [-0.15, -0.1) is 0 Å². The molecule has 0 aliphatic heterocycles. The molecule has 1 aromatic heterocycles. The van der Waals surface area contributed by atoms with Crippen LogP contribution in [0.25, 0.3) is 0 Å². The predicted molar refractivity (Wildman–Crippen MR) is 70.4 cm³/mol. The lowest BCUT2D eigenvalue weighted by molar-refractivity contribution is 0.0697. The van der Waals surface area contributed by atoms with Gasteiger partial charge in [0.05, 0.1) is 16.2 Å². The van der Waals surface area contributed by atoms with E-state index in [1.54, 1.807) is 18.7 Å². The monoisotopic (exact) mass is 272 g/mol. The molecular formula is C12H17ClN2O3. The first-order valence-corrected chi connectivity index (χ1v) is 5.98. The molecule has 0 aliphatic carbocycles. The van der Waals surface area contributed by atoms with Crippen LogP contribution < -0.4 is 4.90 Å². The molecule has 0 aliphatic rings. The van der Waals surface area contributed by atoms with Crippen LogP contribution in [0.2, 0.25) is 5.02 Å². The van der Waals surface area contributed by atoms with E-state index in [-0.39, 0.29) is 10.6 Å². The molecule has 18 heavy (non-hydrogen) atoms. The van der Waals surface area contributed by atoms with Crippen LogP contribution in [0.5, 0.6) is 0 Å². The third-order valence-electron chi connectivity index (χ3n) is 2.35. The molecule has 0 amide bonds. The second-order valence-corrected chi connectivity index (χ2v) is 5.06. The molecular weight excluding hydrogens is 256 g/mol. The molecule has 0 fully saturated rings. The number of carboxylic acids is 1. The van der Waals surface area contributed by atoms with Crippen LogP contribution in [-0.4, -0.2) is 39.9 Å². The molecule has 0 spiro atoms. The van der Waals surface area contributed by atoms with Crippen LogP contribution in [-0.2, 0) is 0 Å². The first-order valence-electron chi connectivity index (χ1n) is 5.60. The fourth-order valence-corrected chi connectivity index (χ4v) is 1.77. The summed E-state index contributed by atoms with van der Waals surface area (Å²) < 4.78 is 0. The van der Waals surface area contributed by atoms with Gasteiger partial charge >= 0.3 is 5.97 Å². The van der Waals surface area contributed by atoms with Crippen LogP contribution >= 0.6 is 11.6 Å². The van der Waals surface area contributed by atoms with E-state index >= 15 is 0 Å². The smallest absolute Gasteiger partial charge is 0.337 e. The molecule has 2 N–H and O–H groups in total. The Bertz CT molecular complexity index is 443. The number of carbonyl (C=O) groups is 1. The van der Waals surface area contributed by atoms with Gasteiger partial charge in [0, 0.05) is 19.3 Å². The van der Waals surface area contributed by atoms with Crippen molar-refractivity contribution in [3.05, 3.63) is 22.8 Å². The third-order valence-corrected chi connectivity index (χ3v) is 2.66. The minimum Gasteiger partial charge on any atom is -0.478 e. The Morgan fingerprint density at radius 1 is 1.56 bits per heavy atom. The van der Waals surface area contributed by atoms with Gasteiger partial charge in [0.1, 0.15) is 5.82 Å². The van der Waals surface area contributed by atoms with Crippen molar-refractivity contribution in [2.24, 2.45) is 0 Å². The lowest BCUT2D eigenvalue weighted by Gasteiger charge is -2.29. The molecule has 1 heterocycles. The van der Waals surface area contributed by atoms with E-state index in [4.69, 9.17) is 16.7 Å². The number of halogens is 1. The van der Waals surface area contributed by atoms with Crippen molar-refractivity contribution in [2.75, 3.05) is 18.0 Å². The molecule has 0 aromatic carbocycles. The van der Waals surface area contributed by atoms with Gasteiger partial charge in [-0.1, -0.05) is 11.6 Å². The van der Waals surface area contributed by atoms with E-state index in [2.05, 4.69) is 4.98 Å². The molecule has 100 valence electrons. The van der Waals surface area contributed by atoms with Crippen molar-refractivity contribution in [2.45, 2.75) is 26.4 Å². The highest BCUT2D eigenvalue weighted by Crippen LogP contribution is 2.21. The second kappa shape index (κ2) is 5.54. The van der Waals surface area contributed by atoms with E-state index in [0.717, 1.165) is 0 Å². The molecule has 1 rings (SSSR count). The Kier molecular flexibility index (Phi) is 4.53. The first kappa shape index (κ1) is 14.7. The highest BCUT2D eigenvalue weighted by molar-refractivity contribution is 6.33. The van der Waals surface area contributed by atoms with Crippen molar-refractivity contribution in [3.8, 4) is 0 Å². The molecule has 0 saturated carbocycles. The summed E-state index contributed by atoms with van der Waals surface area (Å²) in [5.74, 6) is -0.607. The number of rotatable bonds is 5. The van der Waals surface area contributed by atoms with Crippen molar-refractivity contribution < 1.29 is 15.0 Å². The number of aromatic carboxylic acids is 1. The Morgan fingerprint density at radius 2 is 2.17 bits per heavy atom. The zero-order valence-electron chi connectivity index (χ0n) is 10.6. The number of pyridine rings is 1. The zero-order valence-corrected chi connectivity index (χ0v) is 11.4. The van der Waals surface area contributed by atoms with Gasteiger partial charge in [-0.3, -0.25) is 0 Å². The summed E-state index contributed by atoms with van der Waals surface area (Å²) >= 11 is 5.76. The number of anilines is 1. The number of aliphatic hydroxyl groups is 1. The maximum Gasteiger partial charge on any atom is 0.337 e. The van der Waals surface area contributed by atoms with Crippen molar-refractivity contribution in [1.82, 2.24) is 4.98 Å². The molecule has 0 bridgehead atoms. The Morgan fingerprint density at radius 3 is 2.61 bits per heavy atom. The van der Waals surface area contributed by atoms with E-state index in [9.17, 15) is 9.90 Å². The van der Waals surface area contributed by atoms with Gasteiger partial charge in [-0.2, -0.15) is 0 Å². The highest BCUT2D eigenvalue weighted by atomic mass is 35.5. The van der Waals surface area contributed by atoms with Crippen LogP contribution in [0, 0.1) is 0 Å². The third kappa shape index (κ3) is 3.85. The van der Waals surface area contributed by atoms with E-state index in [0.29, 0.717) is 18.9 Å². The number of hydrogen-bond donors (Lipinski definition) is 2. The number of aromatic nitrogens is 1. The van der Waals surface area contributed by atoms with Gasteiger partial charge < -0.3 is 15.1 Å². The normalized spacial score (nSPS) is 11.4. The molecule has 0 saturated heterocycles. The van der Waals surface area contributed by atoms with Gasteiger partial charge in [-0.05, 0) is 26.8 Å². The van der Waals surface area contributed by atoms with E-state index < -0.39 is 11.6 Å². The first-order chi connectivity index (χ1) is 8.24. The number of nitrogens with zero attached hydrogens (tertiary/aromatic N) is 2. The minimum atomic E-state index is -1.09. The van der Waals surface area contributed by atoms with Crippen molar-refractivity contribution in [1.29, 1.82) is 0 Å². The lowest BCUT2D eigenvalue weighted by Crippen LogP contribution is -2.39. The minimum absolute atomic E-state index is 0.0101. The van der Waals surface area contributed by atoms with Gasteiger partial charge in [0.25, 0.3) is 0 Å². The molecule has 6 heteroatoms. The Hall–Kier alpha value is -1.33. The maximum atomic E-state index is 11.0. The fourth-order valence-electron chi connectivity index (χ4n) is 1.59. The van der Waals surface area contributed by atoms with Crippen LogP contribution in [0.4, 0.5) is 5.82 Å². The number of carboxylic acid groups (broad SMARTS) is 1. The summed E-state index contributed by atoms with van der Waals surface area (Å²) in [6, 6.07) is 1.42. The van der Waals surface area contributed by atoms with Gasteiger partial charge in [0.15, 0.2) is 0 Å². The number of hydrogen-bond acceptors (Lipinski definition) is 4. The molecule has 0 atom stereocenters. The Labute approximate surface area is 111 Å². The van der Waals surface area contributed by atoms with Crippen molar-refractivity contribution in [3.63, 3.8) is 0 Å². The molecule has 5 nitrogen and oxygen atoms in total. The molecule has 0 unspecified atom stereocenters. The van der Waals surface area contributed by atoms with Gasteiger partial charge in [-0.25, -0.2) is 9.78 Å². The predicted octanol–water partition coefficient (Wildman–Crippen LogP) is 2.03. The summed E-state index contributed by atoms with van der Waals surface area (Å²) in [6.07, 6.45) is 1.31. The quantitative estimate of drug-likeness (QED) is 0.858. The van der Waals surface area contributed by atoms with Crippen LogP contribution in [0.15, 0.2) is 12.3 Å². The highest BCUT2D eigenvalue weighted by Gasteiger charge is 2.20. The van der Waals surface area contributed by atoms with Crippen LogP contribution in [0.1, 0.15) is 31.1 Å². The summed E-state index contributed by atoms with van der Waals surface area (Å²) in [5, 5.41) is 18.9. The summed E-state index contributed by atoms with van der Waals surface area (Å²) in [5.41, 5.74) is -0.878. The lowest BCUT2D eigenvalue weighted by atomic mass is 10.1. The summed E-state index contributed by atoms with van der Waals surface area (Å²) in [6.45, 7) is 6.24. The van der Waals surface area contributed by atoms with Crippen molar-refractivity contribution >= 4 is 23.4 Å².